The summed E-state index contributed by atoms with van der Waals surface area (Å²) in [7, 11) is 0. The number of aromatic nitrogens is 6. The third kappa shape index (κ3) is 4.09. The van der Waals surface area contributed by atoms with E-state index in [2.05, 4.69) is 47.6 Å². The van der Waals surface area contributed by atoms with E-state index in [-0.39, 0.29) is 6.09 Å². The normalized spacial score (nSPS) is 14.1. The van der Waals surface area contributed by atoms with Gasteiger partial charge in [-0.3, -0.25) is 0 Å². The standard InChI is InChI=1S/C18H21IN8O2/c1-18(2,3)29-17(28)26-5-4-11-10(7-26)6-21-12(24-11)8-27-16-13(14(19)25-27)15(20)22-9-23-16/h6,9H,4-5,7-8H2,1-3H3,(H2,20,22,23). The van der Waals surface area contributed by atoms with Crippen molar-refractivity contribution in [2.45, 2.75) is 45.9 Å². The second kappa shape index (κ2) is 7.35. The molecule has 0 radical (unpaired) electrons. The SMILES string of the molecule is CC(C)(C)OC(=O)N1CCc2nc(Cn3nc(I)c4c(N)ncnc43)ncc2C1. The Morgan fingerprint density at radius 2 is 2.10 bits per heavy atom. The third-order valence-corrected chi connectivity index (χ3v) is 5.20. The van der Waals surface area contributed by atoms with Gasteiger partial charge in [0.2, 0.25) is 0 Å². The van der Waals surface area contributed by atoms with Crippen molar-refractivity contribution in [1.82, 2.24) is 34.6 Å². The minimum Gasteiger partial charge on any atom is -0.444 e. The van der Waals surface area contributed by atoms with Gasteiger partial charge in [0.05, 0.1) is 17.6 Å². The van der Waals surface area contributed by atoms with E-state index in [1.165, 1.54) is 6.33 Å². The molecule has 4 rings (SSSR count). The Morgan fingerprint density at radius 3 is 2.86 bits per heavy atom. The maximum absolute atomic E-state index is 12.3. The lowest BCUT2D eigenvalue weighted by molar-refractivity contribution is 0.0222. The average Bonchev–Trinajstić information content (AvgIpc) is 2.96. The Labute approximate surface area is 181 Å². The van der Waals surface area contributed by atoms with Crippen molar-refractivity contribution in [2.24, 2.45) is 0 Å². The van der Waals surface area contributed by atoms with Crippen LogP contribution < -0.4 is 5.73 Å². The van der Waals surface area contributed by atoms with Crippen LogP contribution in [0.2, 0.25) is 0 Å². The molecule has 0 atom stereocenters. The van der Waals surface area contributed by atoms with E-state index in [1.807, 2.05) is 20.8 Å². The van der Waals surface area contributed by atoms with Crippen LogP contribution in [0.1, 0.15) is 37.9 Å². The molecule has 0 fully saturated rings. The molecule has 0 unspecified atom stereocenters. The van der Waals surface area contributed by atoms with Gasteiger partial charge in [-0.05, 0) is 43.4 Å². The van der Waals surface area contributed by atoms with Crippen LogP contribution in [0.25, 0.3) is 11.0 Å². The number of halogens is 1. The molecule has 11 heteroatoms. The maximum atomic E-state index is 12.3. The van der Waals surface area contributed by atoms with Crippen molar-refractivity contribution in [3.05, 3.63) is 33.3 Å². The molecule has 0 saturated carbocycles. The van der Waals surface area contributed by atoms with Crippen LogP contribution in [0, 0.1) is 3.70 Å². The number of ether oxygens (including phenoxy) is 1. The van der Waals surface area contributed by atoms with Gasteiger partial charge in [0.1, 0.15) is 33.8 Å². The van der Waals surface area contributed by atoms with Crippen LogP contribution in [-0.2, 0) is 24.2 Å². The summed E-state index contributed by atoms with van der Waals surface area (Å²) in [4.78, 5) is 31.5. The van der Waals surface area contributed by atoms with Gasteiger partial charge in [-0.25, -0.2) is 29.4 Å². The van der Waals surface area contributed by atoms with Gasteiger partial charge in [-0.2, -0.15) is 5.10 Å². The average molecular weight is 508 g/mol. The van der Waals surface area contributed by atoms with Crippen molar-refractivity contribution in [3.8, 4) is 0 Å². The van der Waals surface area contributed by atoms with Crippen LogP contribution in [-0.4, -0.2) is 52.9 Å². The number of rotatable bonds is 2. The molecule has 0 aromatic carbocycles. The molecular formula is C18H21IN8O2. The third-order valence-electron chi connectivity index (χ3n) is 4.44. The molecule has 0 saturated heterocycles. The van der Waals surface area contributed by atoms with Crippen molar-refractivity contribution in [2.75, 3.05) is 12.3 Å². The highest BCUT2D eigenvalue weighted by Gasteiger charge is 2.27. The van der Waals surface area contributed by atoms with Crippen LogP contribution in [0.3, 0.4) is 0 Å². The van der Waals surface area contributed by atoms with Gasteiger partial charge in [0.15, 0.2) is 5.65 Å². The van der Waals surface area contributed by atoms with Crippen LogP contribution in [0.4, 0.5) is 10.6 Å². The molecule has 3 aromatic rings. The number of nitrogens with zero attached hydrogens (tertiary/aromatic N) is 7. The minimum absolute atomic E-state index is 0.318. The van der Waals surface area contributed by atoms with Gasteiger partial charge < -0.3 is 15.4 Å². The minimum atomic E-state index is -0.519. The van der Waals surface area contributed by atoms with Crippen LogP contribution in [0.15, 0.2) is 12.5 Å². The number of nitrogen functional groups attached to an aromatic ring is 1. The largest absolute Gasteiger partial charge is 0.444 e. The van der Waals surface area contributed by atoms with Gasteiger partial charge in [0, 0.05) is 24.7 Å². The summed E-state index contributed by atoms with van der Waals surface area (Å²) in [5.41, 5.74) is 7.95. The fourth-order valence-corrected chi connectivity index (χ4v) is 3.92. The molecule has 152 valence electrons. The molecule has 10 nitrogen and oxygen atoms in total. The van der Waals surface area contributed by atoms with Crippen LogP contribution >= 0.6 is 22.6 Å². The lowest BCUT2D eigenvalue weighted by Crippen LogP contribution is -2.40. The lowest BCUT2D eigenvalue weighted by atomic mass is 10.1. The zero-order valence-corrected chi connectivity index (χ0v) is 18.5. The predicted molar refractivity (Wildman–Crippen MR) is 114 cm³/mol. The summed E-state index contributed by atoms with van der Waals surface area (Å²) >= 11 is 2.12. The number of hydrogen-bond donors (Lipinski definition) is 1. The second-order valence-electron chi connectivity index (χ2n) is 7.82. The predicted octanol–water partition coefficient (Wildman–Crippen LogP) is 2.14. The first-order valence-corrected chi connectivity index (χ1v) is 10.2. The maximum Gasteiger partial charge on any atom is 0.410 e. The molecule has 0 spiro atoms. The van der Waals surface area contributed by atoms with Crippen molar-refractivity contribution in [3.63, 3.8) is 0 Å². The summed E-state index contributed by atoms with van der Waals surface area (Å²) in [5, 5.41) is 5.23. The van der Waals surface area contributed by atoms with Gasteiger partial charge in [0.25, 0.3) is 0 Å². The molecule has 1 aliphatic rings. The molecule has 4 heterocycles. The fraction of sp³-hybridized carbons (Fsp3) is 0.444. The monoisotopic (exact) mass is 508 g/mol. The molecule has 3 aromatic heterocycles. The van der Waals surface area contributed by atoms with Crippen molar-refractivity contribution >= 4 is 45.5 Å². The smallest absolute Gasteiger partial charge is 0.410 e. The Bertz CT molecular complexity index is 1090. The summed E-state index contributed by atoms with van der Waals surface area (Å²) in [5.74, 6) is 1.03. The Kier molecular flexibility index (Phi) is 5.00. The van der Waals surface area contributed by atoms with E-state index in [4.69, 9.17) is 10.5 Å². The number of amides is 1. The summed E-state index contributed by atoms with van der Waals surface area (Å²) in [6.45, 7) is 6.95. The number of hydrogen-bond acceptors (Lipinski definition) is 8. The summed E-state index contributed by atoms with van der Waals surface area (Å²) in [6, 6.07) is 0. The molecule has 1 aliphatic heterocycles. The zero-order chi connectivity index (χ0) is 20.8. The highest BCUT2D eigenvalue weighted by atomic mass is 127. The Morgan fingerprint density at radius 1 is 1.31 bits per heavy atom. The highest BCUT2D eigenvalue weighted by Crippen LogP contribution is 2.23. The molecule has 0 bridgehead atoms. The van der Waals surface area contributed by atoms with E-state index in [9.17, 15) is 4.79 Å². The van der Waals surface area contributed by atoms with E-state index in [1.54, 1.807) is 15.8 Å². The Hall–Kier alpha value is -2.57. The number of carbonyl (C=O) groups excluding carboxylic acids is 1. The van der Waals surface area contributed by atoms with Gasteiger partial charge in [-0.15, -0.1) is 0 Å². The number of nitrogens with two attached hydrogens (primary N) is 1. The first-order valence-electron chi connectivity index (χ1n) is 9.15. The number of fused-ring (bicyclic) bond motifs is 2. The van der Waals surface area contributed by atoms with Crippen molar-refractivity contribution < 1.29 is 9.53 Å². The first-order chi connectivity index (χ1) is 13.7. The second-order valence-corrected chi connectivity index (χ2v) is 8.84. The lowest BCUT2D eigenvalue weighted by Gasteiger charge is -2.30. The Balaban J connectivity index is 1.54. The van der Waals surface area contributed by atoms with E-state index >= 15 is 0 Å². The molecule has 1 amide bonds. The summed E-state index contributed by atoms with van der Waals surface area (Å²) < 4.78 is 7.93. The molecule has 2 N–H and O–H groups in total. The number of anilines is 1. The zero-order valence-electron chi connectivity index (χ0n) is 16.4. The van der Waals surface area contributed by atoms with Gasteiger partial charge in [-0.1, -0.05) is 0 Å². The first kappa shape index (κ1) is 19.7. The topological polar surface area (TPSA) is 125 Å². The fourth-order valence-electron chi connectivity index (χ4n) is 3.15. The van der Waals surface area contributed by atoms with Crippen LogP contribution in [0.5, 0.6) is 0 Å². The molecule has 0 aliphatic carbocycles. The van der Waals surface area contributed by atoms with Gasteiger partial charge >= 0.3 is 6.09 Å². The van der Waals surface area contributed by atoms with E-state index in [0.717, 1.165) is 20.3 Å². The van der Waals surface area contributed by atoms with E-state index in [0.29, 0.717) is 43.3 Å². The summed E-state index contributed by atoms with van der Waals surface area (Å²) in [6.07, 6.45) is 3.53. The quantitative estimate of drug-likeness (QED) is 0.523. The molecular weight excluding hydrogens is 487 g/mol. The van der Waals surface area contributed by atoms with Crippen molar-refractivity contribution in [1.29, 1.82) is 0 Å². The molecule has 29 heavy (non-hydrogen) atoms. The van der Waals surface area contributed by atoms with E-state index < -0.39 is 5.60 Å². The number of carbonyl (C=O) groups is 1. The highest BCUT2D eigenvalue weighted by molar-refractivity contribution is 14.1.